The summed E-state index contributed by atoms with van der Waals surface area (Å²) in [6, 6.07) is 0. The van der Waals surface area contributed by atoms with Crippen LogP contribution in [0, 0.1) is 0 Å². The minimum absolute atomic E-state index is 0.0747. The molecule has 1 unspecified atom stereocenters. The van der Waals surface area contributed by atoms with E-state index in [1.54, 1.807) is 0 Å². The van der Waals surface area contributed by atoms with Crippen molar-refractivity contribution in [2.24, 2.45) is 0 Å². The lowest BCUT2D eigenvalue weighted by Gasteiger charge is -2.18. The molecule has 1 atom stereocenters. The van der Waals surface area contributed by atoms with Crippen LogP contribution in [0.1, 0.15) is 367 Å². The summed E-state index contributed by atoms with van der Waals surface area (Å²) in [7, 11) is 0. The van der Waals surface area contributed by atoms with Gasteiger partial charge in [-0.25, -0.2) is 0 Å². The van der Waals surface area contributed by atoms with Gasteiger partial charge in [-0.15, -0.1) is 0 Å². The zero-order chi connectivity index (χ0) is 58.5. The van der Waals surface area contributed by atoms with E-state index in [9.17, 15) is 14.4 Å². The summed E-state index contributed by atoms with van der Waals surface area (Å²) in [6.07, 6.45) is 91.0. The summed E-state index contributed by atoms with van der Waals surface area (Å²) in [5, 5.41) is 0. The highest BCUT2D eigenvalue weighted by Crippen LogP contribution is 2.18. The highest BCUT2D eigenvalue weighted by atomic mass is 16.6. The number of allylic oxidation sites excluding steroid dienone is 12. The van der Waals surface area contributed by atoms with E-state index >= 15 is 0 Å². The first-order valence-corrected chi connectivity index (χ1v) is 35.4. The Kier molecular flexibility index (Phi) is 66.6. The van der Waals surface area contributed by atoms with Crippen LogP contribution in [0.2, 0.25) is 0 Å². The summed E-state index contributed by atoms with van der Waals surface area (Å²) in [5.74, 6) is -0.870. The number of carbonyl (C=O) groups is 3. The van der Waals surface area contributed by atoms with Crippen molar-refractivity contribution in [3.63, 3.8) is 0 Å². The molecule has 6 heteroatoms. The molecule has 0 amide bonds. The van der Waals surface area contributed by atoms with Crippen LogP contribution < -0.4 is 0 Å². The average Bonchev–Trinajstić information content (AvgIpc) is 3.47. The number of hydrogen-bond donors (Lipinski definition) is 0. The van der Waals surface area contributed by atoms with E-state index in [2.05, 4.69) is 93.7 Å². The molecule has 0 fully saturated rings. The number of ether oxygens (including phenoxy) is 3. The van der Waals surface area contributed by atoms with E-state index in [0.29, 0.717) is 19.3 Å². The molecule has 6 nitrogen and oxygen atoms in total. The van der Waals surface area contributed by atoms with Crippen molar-refractivity contribution in [1.29, 1.82) is 0 Å². The Hall–Kier alpha value is -3.15. The van der Waals surface area contributed by atoms with Crippen LogP contribution >= 0.6 is 0 Å². The van der Waals surface area contributed by atoms with Crippen molar-refractivity contribution < 1.29 is 28.6 Å². The molecular weight excluding hydrogens is 997 g/mol. The Balaban J connectivity index is 4.04. The summed E-state index contributed by atoms with van der Waals surface area (Å²) in [6.45, 7) is 6.50. The van der Waals surface area contributed by atoms with Crippen molar-refractivity contribution in [1.82, 2.24) is 0 Å². The van der Waals surface area contributed by atoms with Crippen LogP contribution in [0.3, 0.4) is 0 Å². The zero-order valence-electron chi connectivity index (χ0n) is 54.1. The Morgan fingerprint density at radius 1 is 0.259 bits per heavy atom. The lowest BCUT2D eigenvalue weighted by Crippen LogP contribution is -2.30. The predicted molar refractivity (Wildman–Crippen MR) is 353 cm³/mol. The van der Waals surface area contributed by atoms with Gasteiger partial charge in [-0.1, -0.05) is 318 Å². The first kappa shape index (κ1) is 77.9. The van der Waals surface area contributed by atoms with Crippen molar-refractivity contribution >= 4 is 17.9 Å². The molecule has 81 heavy (non-hydrogen) atoms. The summed E-state index contributed by atoms with van der Waals surface area (Å²) >= 11 is 0. The van der Waals surface area contributed by atoms with Crippen LogP contribution in [0.25, 0.3) is 0 Å². The highest BCUT2D eigenvalue weighted by molar-refractivity contribution is 5.71. The lowest BCUT2D eigenvalue weighted by atomic mass is 10.0. The molecule has 0 aliphatic carbocycles. The second-order valence-electron chi connectivity index (χ2n) is 23.8. The molecule has 0 aromatic carbocycles. The number of unbranched alkanes of at least 4 members (excludes halogenated alkanes) is 42. The number of carbonyl (C=O) groups excluding carboxylic acids is 3. The monoisotopic (exact) mass is 1130 g/mol. The van der Waals surface area contributed by atoms with Gasteiger partial charge >= 0.3 is 17.9 Å². The molecule has 0 bridgehead atoms. The molecule has 0 aliphatic rings. The number of rotatable bonds is 65. The van der Waals surface area contributed by atoms with Crippen LogP contribution in [-0.2, 0) is 28.6 Å². The van der Waals surface area contributed by atoms with Gasteiger partial charge in [0.2, 0.25) is 0 Å². The van der Waals surface area contributed by atoms with Crippen LogP contribution in [-0.4, -0.2) is 37.2 Å². The molecule has 0 rings (SSSR count). The standard InChI is InChI=1S/C75H134O6/c1-4-7-10-13-16-19-22-24-26-28-30-31-32-33-34-35-36-37-38-39-40-41-42-43-44-45-46-48-49-51-53-56-59-62-65-68-74(77)80-71-72(70-79-73(76)67-64-61-58-55-21-18-15-12-9-6-3)81-75(78)69-66-63-60-57-54-52-50-47-29-27-25-23-20-17-14-11-8-5-2/h7,10,12,15-16,19,24,26-27,29-31,72H,4-6,8-9,11,13-14,17-18,20-23,25,28,32-71H2,1-3H3/b10-7-,15-12-,19-16-,26-24-,29-27-,31-30-. The van der Waals surface area contributed by atoms with E-state index < -0.39 is 6.10 Å². The molecule has 0 saturated heterocycles. The lowest BCUT2D eigenvalue weighted by molar-refractivity contribution is -0.167. The maximum atomic E-state index is 12.9. The molecule has 0 saturated carbocycles. The molecule has 0 aromatic heterocycles. The first-order chi connectivity index (χ1) is 40.0. The second kappa shape index (κ2) is 69.3. The van der Waals surface area contributed by atoms with Crippen molar-refractivity contribution in [3.8, 4) is 0 Å². The smallest absolute Gasteiger partial charge is 0.306 e. The van der Waals surface area contributed by atoms with Gasteiger partial charge in [0.25, 0.3) is 0 Å². The number of esters is 3. The minimum atomic E-state index is -0.778. The average molecular weight is 1130 g/mol. The molecular formula is C75H134O6. The van der Waals surface area contributed by atoms with Gasteiger partial charge in [-0.2, -0.15) is 0 Å². The molecule has 0 heterocycles. The topological polar surface area (TPSA) is 78.9 Å². The molecule has 0 radical (unpaired) electrons. The quantitative estimate of drug-likeness (QED) is 0.0261. The van der Waals surface area contributed by atoms with E-state index in [4.69, 9.17) is 14.2 Å². The van der Waals surface area contributed by atoms with E-state index in [0.717, 1.165) is 96.3 Å². The first-order valence-electron chi connectivity index (χ1n) is 35.4. The van der Waals surface area contributed by atoms with Crippen LogP contribution in [0.4, 0.5) is 0 Å². The normalized spacial score (nSPS) is 12.5. The van der Waals surface area contributed by atoms with Crippen molar-refractivity contribution in [3.05, 3.63) is 72.9 Å². The van der Waals surface area contributed by atoms with E-state index in [-0.39, 0.29) is 31.1 Å². The van der Waals surface area contributed by atoms with Crippen molar-refractivity contribution in [2.75, 3.05) is 13.2 Å². The molecule has 0 aromatic rings. The fourth-order valence-corrected chi connectivity index (χ4v) is 10.4. The third-order valence-corrected chi connectivity index (χ3v) is 15.6. The molecule has 470 valence electrons. The van der Waals surface area contributed by atoms with Gasteiger partial charge in [0, 0.05) is 19.3 Å². The third-order valence-electron chi connectivity index (χ3n) is 15.6. The van der Waals surface area contributed by atoms with Gasteiger partial charge in [0.1, 0.15) is 13.2 Å². The summed E-state index contributed by atoms with van der Waals surface area (Å²) in [5.41, 5.74) is 0. The SMILES string of the molecule is CC/C=C\C/C=C\C/C=C\C/C=C\CCCCCCCCCCCCCCCCCCCCCCCCC(=O)OCC(COC(=O)CCCCCCC/C=C\CCC)OC(=O)CCCCCCCCC/C=C\CCCCCCCCC. The van der Waals surface area contributed by atoms with Crippen molar-refractivity contribution in [2.45, 2.75) is 374 Å². The van der Waals surface area contributed by atoms with Gasteiger partial charge < -0.3 is 14.2 Å². The van der Waals surface area contributed by atoms with E-state index in [1.165, 1.54) is 231 Å². The van der Waals surface area contributed by atoms with Gasteiger partial charge in [0.05, 0.1) is 0 Å². The van der Waals surface area contributed by atoms with Gasteiger partial charge in [-0.3, -0.25) is 14.4 Å². The molecule has 0 spiro atoms. The maximum Gasteiger partial charge on any atom is 0.306 e. The summed E-state index contributed by atoms with van der Waals surface area (Å²) in [4.78, 5) is 38.3. The zero-order valence-corrected chi connectivity index (χ0v) is 54.1. The molecule has 0 aliphatic heterocycles. The Morgan fingerprint density at radius 3 is 0.815 bits per heavy atom. The second-order valence-corrected chi connectivity index (χ2v) is 23.8. The third kappa shape index (κ3) is 67.5. The van der Waals surface area contributed by atoms with Gasteiger partial charge in [-0.05, 0) is 103 Å². The Morgan fingerprint density at radius 2 is 0.506 bits per heavy atom. The molecule has 0 N–H and O–H groups in total. The predicted octanol–water partition coefficient (Wildman–Crippen LogP) is 24.4. The fraction of sp³-hybridized carbons (Fsp3) is 0.800. The Labute approximate surface area is 503 Å². The largest absolute Gasteiger partial charge is 0.462 e. The Bertz CT molecular complexity index is 1490. The summed E-state index contributed by atoms with van der Waals surface area (Å²) < 4.78 is 16.9. The van der Waals surface area contributed by atoms with Crippen LogP contribution in [0.5, 0.6) is 0 Å². The van der Waals surface area contributed by atoms with E-state index in [1.807, 2.05) is 0 Å². The van der Waals surface area contributed by atoms with Gasteiger partial charge in [0.15, 0.2) is 6.10 Å². The number of hydrogen-bond acceptors (Lipinski definition) is 6. The fourth-order valence-electron chi connectivity index (χ4n) is 10.4. The minimum Gasteiger partial charge on any atom is -0.462 e. The van der Waals surface area contributed by atoms with Crippen LogP contribution in [0.15, 0.2) is 72.9 Å². The maximum absolute atomic E-state index is 12.9. The highest BCUT2D eigenvalue weighted by Gasteiger charge is 2.19.